The molecule has 11 heteroatoms. The second-order valence-corrected chi connectivity index (χ2v) is 7.77. The molecule has 0 aliphatic heterocycles. The van der Waals surface area contributed by atoms with Crippen molar-refractivity contribution in [1.29, 1.82) is 0 Å². The molecular weight excluding hydrogens is 497 g/mol. The van der Waals surface area contributed by atoms with Gasteiger partial charge in [0.05, 0.1) is 26.4 Å². The summed E-state index contributed by atoms with van der Waals surface area (Å²) in [7, 11) is 0. The van der Waals surface area contributed by atoms with Crippen molar-refractivity contribution in [2.24, 2.45) is 10.2 Å². The van der Waals surface area contributed by atoms with Crippen LogP contribution >= 0.6 is 23.2 Å². The van der Waals surface area contributed by atoms with Crippen LogP contribution in [0.25, 0.3) is 0 Å². The average molecular weight is 526 g/mol. The summed E-state index contributed by atoms with van der Waals surface area (Å²) >= 11 is 12.6. The predicted octanol–water partition coefficient (Wildman–Crippen LogP) is 6.27. The zero-order valence-corrected chi connectivity index (χ0v) is 21.8. The maximum absolute atomic E-state index is 13.1. The highest BCUT2D eigenvalue weighted by atomic mass is 35.5. The van der Waals surface area contributed by atoms with Gasteiger partial charge < -0.3 is 24.3 Å². The third-order valence-corrected chi connectivity index (χ3v) is 5.01. The largest absolute Gasteiger partial charge is 0.491 e. The lowest BCUT2D eigenvalue weighted by molar-refractivity contribution is -0.126. The van der Waals surface area contributed by atoms with Crippen LogP contribution in [0.5, 0.6) is 23.0 Å². The minimum absolute atomic E-state index is 0.152. The summed E-state index contributed by atoms with van der Waals surface area (Å²) in [5.74, 6) is 0.105. The van der Waals surface area contributed by atoms with Crippen LogP contribution in [0.3, 0.4) is 0 Å². The molecule has 2 aromatic rings. The molecule has 2 rings (SSSR count). The maximum atomic E-state index is 13.1. The fraction of sp³-hybridized carbons (Fsp3) is 0.417. The Labute approximate surface area is 214 Å². The summed E-state index contributed by atoms with van der Waals surface area (Å²) in [6.07, 6.45) is 0. The standard InChI is InChI=1S/C24H29Cl2N3O6/c1-6-32-17-11-10-16(20(26)23(17)35-9-4)28-29-21(14(5)30)24(31)27-22-18(33-7-2)12-15(25)13-19(22)34-8-3/h10-13,21H,6-9H2,1-5H3,(H,27,31). The number of hydrogen-bond donors (Lipinski definition) is 1. The number of benzene rings is 2. The number of nitrogens with one attached hydrogen (secondary N) is 1. The number of nitrogens with zero attached hydrogens (tertiary/aromatic N) is 2. The van der Waals surface area contributed by atoms with Gasteiger partial charge in [0.1, 0.15) is 27.9 Å². The van der Waals surface area contributed by atoms with Crippen molar-refractivity contribution in [3.63, 3.8) is 0 Å². The zero-order chi connectivity index (χ0) is 26.0. The molecule has 1 amide bonds. The van der Waals surface area contributed by atoms with Crippen molar-refractivity contribution in [3.05, 3.63) is 34.3 Å². The summed E-state index contributed by atoms with van der Waals surface area (Å²) in [5.41, 5.74) is 0.455. The Morgan fingerprint density at radius 1 is 0.886 bits per heavy atom. The van der Waals surface area contributed by atoms with Crippen molar-refractivity contribution in [2.45, 2.75) is 40.7 Å². The first-order chi connectivity index (χ1) is 16.8. The molecule has 2 aromatic carbocycles. The highest BCUT2D eigenvalue weighted by Crippen LogP contribution is 2.42. The molecular formula is C24H29Cl2N3O6. The van der Waals surface area contributed by atoms with Gasteiger partial charge in [0.25, 0.3) is 5.91 Å². The Morgan fingerprint density at radius 3 is 1.94 bits per heavy atom. The van der Waals surface area contributed by atoms with E-state index in [4.69, 9.17) is 42.1 Å². The molecule has 0 aromatic heterocycles. The molecule has 0 saturated heterocycles. The summed E-state index contributed by atoms with van der Waals surface area (Å²) in [4.78, 5) is 25.3. The molecule has 1 unspecified atom stereocenters. The molecule has 35 heavy (non-hydrogen) atoms. The normalized spacial score (nSPS) is 11.7. The molecule has 190 valence electrons. The molecule has 0 fully saturated rings. The average Bonchev–Trinajstić information content (AvgIpc) is 2.80. The van der Waals surface area contributed by atoms with E-state index in [-0.39, 0.29) is 16.4 Å². The summed E-state index contributed by atoms with van der Waals surface area (Å²) in [6.45, 7) is 9.87. The molecule has 0 bridgehead atoms. The Bertz CT molecular complexity index is 1050. The van der Waals surface area contributed by atoms with Gasteiger partial charge in [0, 0.05) is 17.2 Å². The van der Waals surface area contributed by atoms with Crippen molar-refractivity contribution in [1.82, 2.24) is 0 Å². The van der Waals surface area contributed by atoms with Gasteiger partial charge in [0.2, 0.25) is 6.04 Å². The number of hydrogen-bond acceptors (Lipinski definition) is 8. The predicted molar refractivity (Wildman–Crippen MR) is 135 cm³/mol. The second kappa shape index (κ2) is 13.7. The van der Waals surface area contributed by atoms with E-state index in [1.807, 2.05) is 6.92 Å². The zero-order valence-electron chi connectivity index (χ0n) is 20.3. The monoisotopic (exact) mass is 525 g/mol. The molecule has 0 aliphatic rings. The van der Waals surface area contributed by atoms with Crippen LogP contribution < -0.4 is 24.3 Å². The van der Waals surface area contributed by atoms with Crippen LogP contribution in [-0.2, 0) is 9.59 Å². The Hall–Kier alpha value is -3.04. The van der Waals surface area contributed by atoms with Crippen LogP contribution in [-0.4, -0.2) is 44.2 Å². The molecule has 9 nitrogen and oxygen atoms in total. The quantitative estimate of drug-likeness (QED) is 0.244. The lowest BCUT2D eigenvalue weighted by Crippen LogP contribution is -2.32. The van der Waals surface area contributed by atoms with Crippen molar-refractivity contribution >= 4 is 46.3 Å². The van der Waals surface area contributed by atoms with E-state index < -0.39 is 17.7 Å². The molecule has 0 spiro atoms. The Morgan fingerprint density at radius 2 is 1.43 bits per heavy atom. The van der Waals surface area contributed by atoms with Gasteiger partial charge in [-0.25, -0.2) is 0 Å². The van der Waals surface area contributed by atoms with Crippen LogP contribution in [0, 0.1) is 0 Å². The maximum Gasteiger partial charge on any atom is 0.259 e. The van der Waals surface area contributed by atoms with Crippen molar-refractivity contribution < 1.29 is 28.5 Å². The van der Waals surface area contributed by atoms with E-state index >= 15 is 0 Å². The van der Waals surface area contributed by atoms with E-state index in [9.17, 15) is 9.59 Å². The fourth-order valence-corrected chi connectivity index (χ4v) is 3.45. The van der Waals surface area contributed by atoms with E-state index in [2.05, 4.69) is 15.5 Å². The van der Waals surface area contributed by atoms with E-state index in [0.29, 0.717) is 54.4 Å². The van der Waals surface area contributed by atoms with Crippen LogP contribution in [0.1, 0.15) is 34.6 Å². The number of amides is 1. The number of azo groups is 1. The topological polar surface area (TPSA) is 108 Å². The van der Waals surface area contributed by atoms with E-state index in [1.165, 1.54) is 6.92 Å². The summed E-state index contributed by atoms with van der Waals surface area (Å²) in [5, 5.41) is 11.2. The number of carbonyl (C=O) groups excluding carboxylic acids is 2. The molecule has 0 heterocycles. The lowest BCUT2D eigenvalue weighted by atomic mass is 10.2. The van der Waals surface area contributed by atoms with Gasteiger partial charge in [-0.1, -0.05) is 23.2 Å². The number of ketones is 1. The van der Waals surface area contributed by atoms with Gasteiger partial charge in [-0.15, -0.1) is 0 Å². The van der Waals surface area contributed by atoms with Gasteiger partial charge in [-0.05, 0) is 46.8 Å². The molecule has 0 saturated carbocycles. The number of rotatable bonds is 13. The molecule has 0 radical (unpaired) electrons. The van der Waals surface area contributed by atoms with Crippen LogP contribution in [0.15, 0.2) is 34.5 Å². The minimum atomic E-state index is -1.45. The third-order valence-electron chi connectivity index (χ3n) is 4.42. The first-order valence-electron chi connectivity index (χ1n) is 11.2. The molecule has 1 N–H and O–H groups in total. The van der Waals surface area contributed by atoms with Gasteiger partial charge in [-0.3, -0.25) is 9.59 Å². The first kappa shape index (κ1) is 28.2. The number of anilines is 1. The number of ether oxygens (including phenoxy) is 4. The van der Waals surface area contributed by atoms with Crippen LogP contribution in [0.2, 0.25) is 10.0 Å². The van der Waals surface area contributed by atoms with Gasteiger partial charge in [-0.2, -0.15) is 10.2 Å². The lowest BCUT2D eigenvalue weighted by Gasteiger charge is -2.18. The number of halogens is 2. The summed E-state index contributed by atoms with van der Waals surface area (Å²) < 4.78 is 22.3. The van der Waals surface area contributed by atoms with E-state index in [0.717, 1.165) is 0 Å². The van der Waals surface area contributed by atoms with Crippen LogP contribution in [0.4, 0.5) is 11.4 Å². The molecule has 0 aliphatic carbocycles. The van der Waals surface area contributed by atoms with Crippen molar-refractivity contribution in [3.8, 4) is 23.0 Å². The third kappa shape index (κ3) is 7.47. The molecule has 1 atom stereocenters. The summed E-state index contributed by atoms with van der Waals surface area (Å²) in [6, 6.07) is 4.83. The SMILES string of the molecule is CCOc1cc(Cl)cc(OCC)c1NC(=O)C(N=Nc1ccc(OCC)c(OCC)c1Cl)C(C)=O. The Kier molecular flexibility index (Phi) is 11.1. The van der Waals surface area contributed by atoms with Gasteiger partial charge >= 0.3 is 0 Å². The number of carbonyl (C=O) groups is 2. The first-order valence-corrected chi connectivity index (χ1v) is 11.9. The minimum Gasteiger partial charge on any atom is -0.491 e. The highest BCUT2D eigenvalue weighted by molar-refractivity contribution is 6.34. The highest BCUT2D eigenvalue weighted by Gasteiger charge is 2.26. The second-order valence-electron chi connectivity index (χ2n) is 6.95. The number of Topliss-reactive ketones (excluding diaryl/α,β-unsaturated/α-hetero) is 1. The van der Waals surface area contributed by atoms with Gasteiger partial charge in [0.15, 0.2) is 17.3 Å². The fourth-order valence-electron chi connectivity index (χ4n) is 3.00. The Balaban J connectivity index is 2.39. The van der Waals surface area contributed by atoms with Crippen molar-refractivity contribution in [2.75, 3.05) is 31.7 Å². The smallest absolute Gasteiger partial charge is 0.259 e. The van der Waals surface area contributed by atoms with E-state index in [1.54, 1.807) is 45.0 Å².